The van der Waals surface area contributed by atoms with Crippen LogP contribution in [-0.4, -0.2) is 16.3 Å². The summed E-state index contributed by atoms with van der Waals surface area (Å²) in [6.45, 7) is 4.09. The minimum atomic E-state index is -0.0440. The quantitative estimate of drug-likeness (QED) is 0.370. The van der Waals surface area contributed by atoms with Crippen LogP contribution in [0, 0.1) is 13.8 Å². The number of aryl methyl sites for hydroxylation is 2. The lowest BCUT2D eigenvalue weighted by atomic mass is 9.94. The zero-order valence-corrected chi connectivity index (χ0v) is 9.58. The van der Waals surface area contributed by atoms with E-state index in [4.69, 9.17) is 5.53 Å². The number of hydrogen-bond donors (Lipinski definition) is 0. The van der Waals surface area contributed by atoms with Gasteiger partial charge in [-0.3, -0.25) is 4.79 Å². The molecule has 1 aromatic rings. The van der Waals surface area contributed by atoms with E-state index in [1.807, 2.05) is 6.92 Å². The van der Waals surface area contributed by atoms with Gasteiger partial charge < -0.3 is 5.53 Å². The molecule has 16 heavy (non-hydrogen) atoms. The van der Waals surface area contributed by atoms with Crippen molar-refractivity contribution in [3.8, 4) is 0 Å². The second kappa shape index (κ2) is 4.03. The molecule has 0 aromatic heterocycles. The van der Waals surface area contributed by atoms with E-state index in [1.54, 1.807) is 0 Å². The molecule has 0 radical (unpaired) electrons. The highest BCUT2D eigenvalue weighted by molar-refractivity contribution is 6.38. The Bertz CT molecular complexity index is 511. The second-order valence-electron chi connectivity index (χ2n) is 4.30. The molecular formula is C13H14N2O. The Morgan fingerprint density at radius 2 is 1.75 bits per heavy atom. The highest BCUT2D eigenvalue weighted by Gasteiger charge is 2.27. The second-order valence-corrected chi connectivity index (χ2v) is 4.30. The van der Waals surface area contributed by atoms with E-state index in [-0.39, 0.29) is 11.5 Å². The maximum Gasteiger partial charge on any atom is 0.338 e. The molecule has 2 rings (SSSR count). The first kappa shape index (κ1) is 10.8. The van der Waals surface area contributed by atoms with Crippen LogP contribution < -0.4 is 0 Å². The van der Waals surface area contributed by atoms with Crippen molar-refractivity contribution in [3.63, 3.8) is 0 Å². The molecule has 3 nitrogen and oxygen atoms in total. The minimum absolute atomic E-state index is 0.0440. The third-order valence-corrected chi connectivity index (χ3v) is 3.29. The molecule has 0 atom stereocenters. The van der Waals surface area contributed by atoms with Crippen molar-refractivity contribution in [2.24, 2.45) is 0 Å². The summed E-state index contributed by atoms with van der Waals surface area (Å²) in [5, 5.41) is 0. The Hall–Kier alpha value is -1.73. The van der Waals surface area contributed by atoms with E-state index in [0.29, 0.717) is 12.8 Å². The first-order valence-corrected chi connectivity index (χ1v) is 5.45. The van der Waals surface area contributed by atoms with Crippen LogP contribution in [0.3, 0.4) is 0 Å². The third-order valence-electron chi connectivity index (χ3n) is 3.29. The lowest BCUT2D eigenvalue weighted by Crippen LogP contribution is -2.16. The number of benzene rings is 1. The predicted molar refractivity (Wildman–Crippen MR) is 61.6 cm³/mol. The Morgan fingerprint density at radius 3 is 2.38 bits per heavy atom. The zero-order chi connectivity index (χ0) is 11.7. The number of rotatable bonds is 0. The maximum absolute atomic E-state index is 11.6. The highest BCUT2D eigenvalue weighted by atomic mass is 16.1. The van der Waals surface area contributed by atoms with Gasteiger partial charge in [0.15, 0.2) is 0 Å². The van der Waals surface area contributed by atoms with E-state index in [2.05, 4.69) is 23.8 Å². The van der Waals surface area contributed by atoms with Crippen LogP contribution in [0.2, 0.25) is 0 Å². The van der Waals surface area contributed by atoms with Crippen LogP contribution in [0.25, 0.3) is 5.53 Å². The Morgan fingerprint density at radius 1 is 1.12 bits per heavy atom. The summed E-state index contributed by atoms with van der Waals surface area (Å²) in [6.07, 6.45) is 1.65. The average molecular weight is 214 g/mol. The molecule has 0 unspecified atom stereocenters. The van der Waals surface area contributed by atoms with Gasteiger partial charge in [-0.25, -0.2) is 0 Å². The van der Waals surface area contributed by atoms with Crippen molar-refractivity contribution >= 4 is 11.5 Å². The molecule has 0 spiro atoms. The summed E-state index contributed by atoms with van der Waals surface area (Å²) >= 11 is 0. The molecule has 1 aliphatic rings. The number of Topliss-reactive ketones (excluding diaryl/α,β-unsaturated/α-hetero) is 1. The van der Waals surface area contributed by atoms with Crippen LogP contribution in [0.15, 0.2) is 12.1 Å². The third kappa shape index (κ3) is 1.70. The molecular weight excluding hydrogens is 200 g/mol. The Balaban J connectivity index is 2.60. The molecule has 0 bridgehead atoms. The molecule has 82 valence electrons. The number of carbonyl (C=O) groups excluding carboxylic acids is 1. The van der Waals surface area contributed by atoms with Gasteiger partial charge in [-0.15, -0.1) is 0 Å². The number of fused-ring (bicyclic) bond motifs is 1. The Labute approximate surface area is 94.7 Å². The molecule has 0 aliphatic heterocycles. The van der Waals surface area contributed by atoms with Crippen molar-refractivity contribution in [3.05, 3.63) is 39.9 Å². The lowest BCUT2D eigenvalue weighted by molar-refractivity contribution is -0.117. The van der Waals surface area contributed by atoms with E-state index in [0.717, 1.165) is 17.5 Å². The number of ketones is 1. The van der Waals surface area contributed by atoms with Gasteiger partial charge in [0, 0.05) is 6.42 Å². The van der Waals surface area contributed by atoms with Gasteiger partial charge in [0.2, 0.25) is 5.78 Å². The molecule has 1 aliphatic carbocycles. The fraction of sp³-hybridized carbons (Fsp3) is 0.385. The van der Waals surface area contributed by atoms with Crippen molar-refractivity contribution in [1.82, 2.24) is 0 Å². The van der Waals surface area contributed by atoms with Gasteiger partial charge >= 0.3 is 5.71 Å². The topological polar surface area (TPSA) is 53.5 Å². The van der Waals surface area contributed by atoms with Gasteiger partial charge in [-0.1, -0.05) is 12.1 Å². The van der Waals surface area contributed by atoms with E-state index in [9.17, 15) is 4.79 Å². The summed E-state index contributed by atoms with van der Waals surface area (Å²) in [6, 6.07) is 4.14. The summed E-state index contributed by atoms with van der Waals surface area (Å²) in [7, 11) is 0. The van der Waals surface area contributed by atoms with Gasteiger partial charge in [0.1, 0.15) is 0 Å². The molecule has 0 amide bonds. The summed E-state index contributed by atoms with van der Waals surface area (Å²) in [5.74, 6) is -0.0440. The van der Waals surface area contributed by atoms with Gasteiger partial charge in [-0.2, -0.15) is 4.79 Å². The van der Waals surface area contributed by atoms with Crippen molar-refractivity contribution in [2.45, 2.75) is 33.1 Å². The smallest absolute Gasteiger partial charge is 0.338 e. The zero-order valence-electron chi connectivity index (χ0n) is 9.58. The summed E-state index contributed by atoms with van der Waals surface area (Å²) in [5.41, 5.74) is 13.9. The van der Waals surface area contributed by atoms with Crippen LogP contribution >= 0.6 is 0 Å². The monoisotopic (exact) mass is 214 g/mol. The molecule has 0 N–H and O–H groups in total. The van der Waals surface area contributed by atoms with Gasteiger partial charge in [0.25, 0.3) is 0 Å². The van der Waals surface area contributed by atoms with Crippen molar-refractivity contribution in [2.75, 3.05) is 0 Å². The van der Waals surface area contributed by atoms with Gasteiger partial charge in [-0.05, 0) is 42.5 Å². The molecule has 0 saturated heterocycles. The van der Waals surface area contributed by atoms with E-state index < -0.39 is 0 Å². The lowest BCUT2D eigenvalue weighted by Gasteiger charge is -2.10. The fourth-order valence-electron chi connectivity index (χ4n) is 2.26. The van der Waals surface area contributed by atoms with Gasteiger partial charge in [0.05, 0.1) is 6.42 Å². The predicted octanol–water partition coefficient (Wildman–Crippen LogP) is 2.03. The summed E-state index contributed by atoms with van der Waals surface area (Å²) in [4.78, 5) is 14.8. The molecule has 0 fully saturated rings. The molecule has 3 heteroatoms. The largest absolute Gasteiger partial charge is 0.361 e. The molecule has 0 heterocycles. The van der Waals surface area contributed by atoms with E-state index in [1.165, 1.54) is 11.1 Å². The average Bonchev–Trinajstić information content (AvgIpc) is 2.44. The first-order chi connectivity index (χ1) is 7.63. The standard InChI is InChI=1S/C13H14N2O/c1-8-3-4-9(2)11-7-12(15-14)13(16)6-5-10(8)11/h3-4H,5-7H2,1-2H3. The maximum atomic E-state index is 11.6. The highest BCUT2D eigenvalue weighted by Crippen LogP contribution is 2.23. The van der Waals surface area contributed by atoms with Crippen LogP contribution in [0.5, 0.6) is 0 Å². The Kier molecular flexibility index (Phi) is 2.71. The van der Waals surface area contributed by atoms with Crippen LogP contribution in [-0.2, 0) is 17.6 Å². The SMILES string of the molecule is Cc1ccc(C)c2c1CCC(=O)C(=[N+]=[N-])C2. The first-order valence-electron chi connectivity index (χ1n) is 5.45. The fourth-order valence-corrected chi connectivity index (χ4v) is 2.26. The van der Waals surface area contributed by atoms with Crippen molar-refractivity contribution < 1.29 is 9.58 Å². The molecule has 1 aromatic carbocycles. The van der Waals surface area contributed by atoms with E-state index >= 15 is 0 Å². The van der Waals surface area contributed by atoms with Crippen LogP contribution in [0.1, 0.15) is 28.7 Å². The number of hydrogen-bond acceptors (Lipinski definition) is 1. The minimum Gasteiger partial charge on any atom is -0.361 e. The molecule has 0 saturated carbocycles. The normalized spacial score (nSPS) is 15.4. The van der Waals surface area contributed by atoms with Crippen molar-refractivity contribution in [1.29, 1.82) is 0 Å². The van der Waals surface area contributed by atoms with Crippen LogP contribution in [0.4, 0.5) is 0 Å². The summed E-state index contributed by atoms with van der Waals surface area (Å²) < 4.78 is 0. The number of nitrogens with zero attached hydrogens (tertiary/aromatic N) is 2. The number of carbonyl (C=O) groups is 1.